The second kappa shape index (κ2) is 7.12. The van der Waals surface area contributed by atoms with Crippen molar-refractivity contribution in [2.75, 3.05) is 13.1 Å². The van der Waals surface area contributed by atoms with Crippen LogP contribution in [-0.2, 0) is 14.4 Å². The zero-order valence-corrected chi connectivity index (χ0v) is 10.1. The van der Waals surface area contributed by atoms with Gasteiger partial charge in [-0.1, -0.05) is 30.3 Å². The van der Waals surface area contributed by atoms with Crippen LogP contribution in [0, 0.1) is 0 Å². The summed E-state index contributed by atoms with van der Waals surface area (Å²) in [5, 5.41) is 12.8. The van der Waals surface area contributed by atoms with E-state index in [1.54, 1.807) is 30.3 Å². The van der Waals surface area contributed by atoms with Crippen LogP contribution < -0.4 is 16.4 Å². The molecular weight excluding hydrogens is 250 g/mol. The Labute approximate surface area is 109 Å². The number of carboxylic acids is 1. The van der Waals surface area contributed by atoms with Gasteiger partial charge in [-0.2, -0.15) is 0 Å². The van der Waals surface area contributed by atoms with E-state index in [0.29, 0.717) is 5.56 Å². The Kier molecular flexibility index (Phi) is 5.49. The Balaban J connectivity index is 2.39. The third-order valence-corrected chi connectivity index (χ3v) is 2.30. The topological polar surface area (TPSA) is 122 Å². The molecule has 0 saturated carbocycles. The van der Waals surface area contributed by atoms with Crippen LogP contribution in [-0.4, -0.2) is 36.0 Å². The summed E-state index contributed by atoms with van der Waals surface area (Å²) in [7, 11) is 0. The highest BCUT2D eigenvalue weighted by Gasteiger charge is 2.16. The zero-order valence-electron chi connectivity index (χ0n) is 10.1. The van der Waals surface area contributed by atoms with E-state index in [4.69, 9.17) is 10.8 Å². The van der Waals surface area contributed by atoms with Gasteiger partial charge in [-0.25, -0.2) is 0 Å². The van der Waals surface area contributed by atoms with E-state index in [1.807, 2.05) is 0 Å². The molecule has 0 bridgehead atoms. The van der Waals surface area contributed by atoms with Crippen molar-refractivity contribution in [3.8, 4) is 0 Å². The Bertz CT molecular complexity index is 461. The predicted octanol–water partition coefficient (Wildman–Crippen LogP) is -0.997. The van der Waals surface area contributed by atoms with Crippen LogP contribution in [0.3, 0.4) is 0 Å². The molecule has 0 fully saturated rings. The molecule has 7 heteroatoms. The van der Waals surface area contributed by atoms with Gasteiger partial charge in [0, 0.05) is 0 Å². The smallest absolute Gasteiger partial charge is 0.322 e. The maximum atomic E-state index is 11.7. The van der Waals surface area contributed by atoms with E-state index in [0.717, 1.165) is 0 Å². The van der Waals surface area contributed by atoms with Crippen molar-refractivity contribution in [1.29, 1.82) is 0 Å². The lowest BCUT2D eigenvalue weighted by Crippen LogP contribution is -2.42. The minimum absolute atomic E-state index is 0.313. The van der Waals surface area contributed by atoms with Crippen molar-refractivity contribution in [3.05, 3.63) is 35.9 Å². The molecule has 0 aromatic heterocycles. The summed E-state index contributed by atoms with van der Waals surface area (Å²) < 4.78 is 0. The summed E-state index contributed by atoms with van der Waals surface area (Å²) in [5.41, 5.74) is 6.34. The predicted molar refractivity (Wildman–Crippen MR) is 67.0 cm³/mol. The molecular formula is C12H15N3O4. The number of rotatable bonds is 6. The fourth-order valence-electron chi connectivity index (χ4n) is 1.33. The molecule has 0 radical (unpaired) electrons. The molecule has 7 nitrogen and oxygen atoms in total. The van der Waals surface area contributed by atoms with Crippen molar-refractivity contribution >= 4 is 17.8 Å². The van der Waals surface area contributed by atoms with Gasteiger partial charge in [-0.3, -0.25) is 14.4 Å². The first kappa shape index (κ1) is 14.7. The number of benzene rings is 1. The maximum absolute atomic E-state index is 11.7. The minimum Gasteiger partial charge on any atom is -0.480 e. The third-order valence-electron chi connectivity index (χ3n) is 2.30. The lowest BCUT2D eigenvalue weighted by Gasteiger charge is -2.12. The number of hydrogen-bond acceptors (Lipinski definition) is 4. The van der Waals surface area contributed by atoms with Gasteiger partial charge >= 0.3 is 5.97 Å². The number of nitrogens with two attached hydrogens (primary N) is 1. The van der Waals surface area contributed by atoms with Gasteiger partial charge in [0.1, 0.15) is 12.6 Å². The number of carbonyl (C=O) groups excluding carboxylic acids is 2. The van der Waals surface area contributed by atoms with Crippen molar-refractivity contribution in [1.82, 2.24) is 10.6 Å². The molecule has 1 aromatic carbocycles. The van der Waals surface area contributed by atoms with Gasteiger partial charge in [0.25, 0.3) is 0 Å². The first-order chi connectivity index (χ1) is 9.00. The molecule has 1 rings (SSSR count). The fourth-order valence-corrected chi connectivity index (χ4v) is 1.33. The SMILES string of the molecule is N[C@@H](C(=O)NCC(=O)NCC(=O)O)c1ccccc1. The number of amides is 2. The van der Waals surface area contributed by atoms with E-state index in [2.05, 4.69) is 10.6 Å². The minimum atomic E-state index is -1.15. The van der Waals surface area contributed by atoms with E-state index >= 15 is 0 Å². The second-order valence-corrected chi connectivity index (χ2v) is 3.78. The van der Waals surface area contributed by atoms with Crippen LogP contribution in [0.2, 0.25) is 0 Å². The van der Waals surface area contributed by atoms with Crippen molar-refractivity contribution in [2.24, 2.45) is 5.73 Å². The molecule has 0 saturated heterocycles. The summed E-state index contributed by atoms with van der Waals surface area (Å²) in [6.07, 6.45) is 0. The molecule has 2 amide bonds. The van der Waals surface area contributed by atoms with Crippen molar-refractivity contribution < 1.29 is 19.5 Å². The average Bonchev–Trinajstić information content (AvgIpc) is 2.42. The van der Waals surface area contributed by atoms with Crippen LogP contribution in [0.1, 0.15) is 11.6 Å². The first-order valence-electron chi connectivity index (χ1n) is 5.57. The molecule has 0 aliphatic carbocycles. The maximum Gasteiger partial charge on any atom is 0.322 e. The second-order valence-electron chi connectivity index (χ2n) is 3.78. The number of hydrogen-bond donors (Lipinski definition) is 4. The van der Waals surface area contributed by atoms with Crippen molar-refractivity contribution in [2.45, 2.75) is 6.04 Å². The average molecular weight is 265 g/mol. The molecule has 0 heterocycles. The highest BCUT2D eigenvalue weighted by atomic mass is 16.4. The lowest BCUT2D eigenvalue weighted by atomic mass is 10.1. The summed E-state index contributed by atoms with van der Waals surface area (Å²) in [6, 6.07) is 7.84. The summed E-state index contributed by atoms with van der Waals surface area (Å²) in [5.74, 6) is -2.24. The number of carboxylic acid groups (broad SMARTS) is 1. The summed E-state index contributed by atoms with van der Waals surface area (Å²) in [4.78, 5) is 33.0. The zero-order chi connectivity index (χ0) is 14.3. The standard InChI is InChI=1S/C12H15N3O4/c13-11(8-4-2-1-3-5-8)12(19)15-6-9(16)14-7-10(17)18/h1-5,11H,6-7,13H2,(H,14,16)(H,15,19)(H,17,18)/t11-/m1/s1. The molecule has 19 heavy (non-hydrogen) atoms. The third kappa shape index (κ3) is 5.17. The first-order valence-corrected chi connectivity index (χ1v) is 5.57. The normalized spacial score (nSPS) is 11.4. The van der Waals surface area contributed by atoms with Crippen LogP contribution >= 0.6 is 0 Å². The van der Waals surface area contributed by atoms with E-state index < -0.39 is 30.4 Å². The molecule has 0 aliphatic heterocycles. The largest absolute Gasteiger partial charge is 0.480 e. The fraction of sp³-hybridized carbons (Fsp3) is 0.250. The summed E-state index contributed by atoms with van der Waals surface area (Å²) >= 11 is 0. The molecule has 1 atom stereocenters. The molecule has 5 N–H and O–H groups in total. The number of nitrogens with one attached hydrogen (secondary N) is 2. The number of aliphatic carboxylic acids is 1. The van der Waals surface area contributed by atoms with Crippen molar-refractivity contribution in [3.63, 3.8) is 0 Å². The Morgan fingerprint density at radius 2 is 1.74 bits per heavy atom. The van der Waals surface area contributed by atoms with Crippen LogP contribution in [0.25, 0.3) is 0 Å². The quantitative estimate of drug-likeness (QED) is 0.526. The van der Waals surface area contributed by atoms with Gasteiger partial charge in [0.15, 0.2) is 0 Å². The van der Waals surface area contributed by atoms with Gasteiger partial charge < -0.3 is 21.5 Å². The van der Waals surface area contributed by atoms with Gasteiger partial charge in [0.05, 0.1) is 6.54 Å². The Morgan fingerprint density at radius 1 is 1.11 bits per heavy atom. The monoisotopic (exact) mass is 265 g/mol. The lowest BCUT2D eigenvalue weighted by molar-refractivity contribution is -0.137. The van der Waals surface area contributed by atoms with Gasteiger partial charge in [-0.15, -0.1) is 0 Å². The highest BCUT2D eigenvalue weighted by Crippen LogP contribution is 2.08. The van der Waals surface area contributed by atoms with Crippen LogP contribution in [0.4, 0.5) is 0 Å². The van der Waals surface area contributed by atoms with Gasteiger partial charge in [-0.05, 0) is 5.56 Å². The van der Waals surface area contributed by atoms with E-state index in [-0.39, 0.29) is 6.54 Å². The molecule has 0 unspecified atom stereocenters. The van der Waals surface area contributed by atoms with E-state index in [9.17, 15) is 14.4 Å². The molecule has 102 valence electrons. The number of carbonyl (C=O) groups is 3. The Morgan fingerprint density at radius 3 is 2.32 bits per heavy atom. The van der Waals surface area contributed by atoms with E-state index in [1.165, 1.54) is 0 Å². The molecule has 1 aromatic rings. The molecule has 0 aliphatic rings. The Hall–Kier alpha value is -2.41. The molecule has 0 spiro atoms. The van der Waals surface area contributed by atoms with Gasteiger partial charge in [0.2, 0.25) is 11.8 Å². The van der Waals surface area contributed by atoms with Crippen LogP contribution in [0.15, 0.2) is 30.3 Å². The van der Waals surface area contributed by atoms with Crippen LogP contribution in [0.5, 0.6) is 0 Å². The summed E-state index contributed by atoms with van der Waals surface area (Å²) in [6.45, 7) is -0.800. The highest BCUT2D eigenvalue weighted by molar-refractivity contribution is 5.89.